The van der Waals surface area contributed by atoms with Gasteiger partial charge in [-0.2, -0.15) is 5.10 Å². The van der Waals surface area contributed by atoms with Crippen molar-refractivity contribution in [3.05, 3.63) is 18.0 Å². The molecule has 3 unspecified atom stereocenters. The Balaban J connectivity index is 2.16. The molecule has 2 heterocycles. The fraction of sp³-hybridized carbons (Fsp3) is 0.769. The molecule has 0 saturated carbocycles. The second-order valence-electron chi connectivity index (χ2n) is 4.67. The molecule has 0 aliphatic carbocycles. The summed E-state index contributed by atoms with van der Waals surface area (Å²) in [5.41, 5.74) is 1.24. The molecule has 0 bridgehead atoms. The van der Waals surface area contributed by atoms with E-state index in [0.717, 1.165) is 25.9 Å². The largest absolute Gasteiger partial charge is 0.373 e. The first kappa shape index (κ1) is 12.6. The van der Waals surface area contributed by atoms with Crippen LogP contribution in [0.15, 0.2) is 12.3 Å². The first-order valence-electron chi connectivity index (χ1n) is 6.66. The van der Waals surface area contributed by atoms with Crippen LogP contribution in [0.5, 0.6) is 0 Å². The minimum absolute atomic E-state index is 0.271. The van der Waals surface area contributed by atoms with Crippen LogP contribution in [0.4, 0.5) is 0 Å². The summed E-state index contributed by atoms with van der Waals surface area (Å²) in [5.74, 6) is 0. The molecule has 1 fully saturated rings. The first-order chi connectivity index (χ1) is 8.26. The van der Waals surface area contributed by atoms with Crippen molar-refractivity contribution in [2.24, 2.45) is 0 Å². The zero-order valence-electron chi connectivity index (χ0n) is 11.0. The highest BCUT2D eigenvalue weighted by molar-refractivity contribution is 5.10. The number of aromatic nitrogens is 2. The van der Waals surface area contributed by atoms with E-state index in [2.05, 4.69) is 41.9 Å². The number of aryl methyl sites for hydroxylation is 1. The Morgan fingerprint density at radius 1 is 1.53 bits per heavy atom. The van der Waals surface area contributed by atoms with E-state index in [1.807, 2.05) is 6.20 Å². The third-order valence-corrected chi connectivity index (χ3v) is 3.43. The van der Waals surface area contributed by atoms with E-state index in [-0.39, 0.29) is 12.1 Å². The average molecular weight is 237 g/mol. The summed E-state index contributed by atoms with van der Waals surface area (Å²) in [6, 6.07) is 2.37. The summed E-state index contributed by atoms with van der Waals surface area (Å²) < 4.78 is 8.05. The maximum atomic E-state index is 6.00. The lowest BCUT2D eigenvalue weighted by Gasteiger charge is -2.25. The summed E-state index contributed by atoms with van der Waals surface area (Å²) in [4.78, 5) is 0. The zero-order chi connectivity index (χ0) is 12.3. The highest BCUT2D eigenvalue weighted by atomic mass is 16.5. The molecule has 1 aromatic rings. The lowest BCUT2D eigenvalue weighted by atomic mass is 10.0. The van der Waals surface area contributed by atoms with E-state index in [4.69, 9.17) is 4.74 Å². The van der Waals surface area contributed by atoms with Gasteiger partial charge in [0.25, 0.3) is 0 Å². The fourth-order valence-electron chi connectivity index (χ4n) is 2.60. The number of hydrogen-bond donors (Lipinski definition) is 1. The third-order valence-electron chi connectivity index (χ3n) is 3.43. The molecule has 2 rings (SSSR count). The topological polar surface area (TPSA) is 39.1 Å². The van der Waals surface area contributed by atoms with Crippen LogP contribution in [0.1, 0.15) is 45.3 Å². The predicted octanol–water partition coefficient (Wildman–Crippen LogP) is 2.12. The predicted molar refractivity (Wildman–Crippen MR) is 67.9 cm³/mol. The Morgan fingerprint density at radius 2 is 2.35 bits per heavy atom. The SMILES string of the molecule is CCNC(c1ccnn1CC)C1CCC(C)O1. The van der Waals surface area contributed by atoms with Crippen molar-refractivity contribution in [2.75, 3.05) is 6.54 Å². The molecular formula is C13H23N3O. The van der Waals surface area contributed by atoms with Crippen molar-refractivity contribution < 1.29 is 4.74 Å². The standard InChI is InChI=1S/C13H23N3O/c1-4-14-13(12-7-6-10(3)17-12)11-8-9-15-16(11)5-2/h8-10,12-14H,4-7H2,1-3H3. The van der Waals surface area contributed by atoms with Crippen LogP contribution in [-0.4, -0.2) is 28.5 Å². The second-order valence-corrected chi connectivity index (χ2v) is 4.67. The van der Waals surface area contributed by atoms with Crippen LogP contribution >= 0.6 is 0 Å². The molecule has 1 N–H and O–H groups in total. The second kappa shape index (κ2) is 5.65. The first-order valence-corrected chi connectivity index (χ1v) is 6.66. The van der Waals surface area contributed by atoms with Gasteiger partial charge in [-0.05, 0) is 39.3 Å². The van der Waals surface area contributed by atoms with E-state index in [1.54, 1.807) is 0 Å². The molecule has 0 aromatic carbocycles. The smallest absolute Gasteiger partial charge is 0.0789 e. The number of rotatable bonds is 5. The molecule has 1 aromatic heterocycles. The van der Waals surface area contributed by atoms with Gasteiger partial charge in [-0.3, -0.25) is 4.68 Å². The van der Waals surface area contributed by atoms with E-state index in [9.17, 15) is 0 Å². The molecule has 1 saturated heterocycles. The van der Waals surface area contributed by atoms with Crippen LogP contribution in [0.3, 0.4) is 0 Å². The maximum Gasteiger partial charge on any atom is 0.0789 e. The van der Waals surface area contributed by atoms with E-state index < -0.39 is 0 Å². The minimum atomic E-state index is 0.271. The Hall–Kier alpha value is -0.870. The summed E-state index contributed by atoms with van der Waals surface area (Å²) >= 11 is 0. The Bertz CT molecular complexity index is 350. The number of nitrogens with zero attached hydrogens (tertiary/aromatic N) is 2. The van der Waals surface area contributed by atoms with E-state index >= 15 is 0 Å². The van der Waals surface area contributed by atoms with Crippen molar-refractivity contribution >= 4 is 0 Å². The Morgan fingerprint density at radius 3 is 2.94 bits per heavy atom. The molecular weight excluding hydrogens is 214 g/mol. The van der Waals surface area contributed by atoms with E-state index in [1.165, 1.54) is 5.69 Å². The maximum absolute atomic E-state index is 6.00. The molecule has 1 aliphatic rings. The molecule has 4 heteroatoms. The normalized spacial score (nSPS) is 26.3. The number of hydrogen-bond acceptors (Lipinski definition) is 3. The van der Waals surface area contributed by atoms with Gasteiger partial charge in [0.1, 0.15) is 0 Å². The molecule has 3 atom stereocenters. The lowest BCUT2D eigenvalue weighted by Crippen LogP contribution is -2.33. The quantitative estimate of drug-likeness (QED) is 0.852. The van der Waals surface area contributed by atoms with Crippen LogP contribution < -0.4 is 5.32 Å². The van der Waals surface area contributed by atoms with Gasteiger partial charge in [-0.25, -0.2) is 0 Å². The van der Waals surface area contributed by atoms with E-state index in [0.29, 0.717) is 6.10 Å². The van der Waals surface area contributed by atoms with Gasteiger partial charge in [0.2, 0.25) is 0 Å². The van der Waals surface area contributed by atoms with Crippen LogP contribution in [0.2, 0.25) is 0 Å². The van der Waals surface area contributed by atoms with Crippen molar-refractivity contribution in [3.63, 3.8) is 0 Å². The Kier molecular flexibility index (Phi) is 4.18. The fourth-order valence-corrected chi connectivity index (χ4v) is 2.60. The summed E-state index contributed by atoms with van der Waals surface area (Å²) in [6.45, 7) is 8.27. The van der Waals surface area contributed by atoms with Crippen LogP contribution in [0, 0.1) is 0 Å². The van der Waals surface area contributed by atoms with Crippen molar-refractivity contribution in [2.45, 2.75) is 58.4 Å². The molecule has 96 valence electrons. The van der Waals surface area contributed by atoms with Crippen LogP contribution in [-0.2, 0) is 11.3 Å². The van der Waals surface area contributed by atoms with Gasteiger partial charge in [0, 0.05) is 12.7 Å². The van der Waals surface area contributed by atoms with Crippen molar-refractivity contribution in [1.82, 2.24) is 15.1 Å². The number of nitrogens with one attached hydrogen (secondary N) is 1. The molecule has 4 nitrogen and oxygen atoms in total. The van der Waals surface area contributed by atoms with Gasteiger partial charge in [-0.15, -0.1) is 0 Å². The summed E-state index contributed by atoms with van der Waals surface area (Å²) in [7, 11) is 0. The summed E-state index contributed by atoms with van der Waals surface area (Å²) in [6.07, 6.45) is 4.84. The van der Waals surface area contributed by atoms with Gasteiger partial charge in [-0.1, -0.05) is 6.92 Å². The highest BCUT2D eigenvalue weighted by Gasteiger charge is 2.31. The molecule has 0 spiro atoms. The van der Waals surface area contributed by atoms with Gasteiger partial charge >= 0.3 is 0 Å². The van der Waals surface area contributed by atoms with Gasteiger partial charge in [0.05, 0.1) is 23.9 Å². The number of ether oxygens (including phenoxy) is 1. The average Bonchev–Trinajstić information content (AvgIpc) is 2.94. The van der Waals surface area contributed by atoms with Gasteiger partial charge in [0.15, 0.2) is 0 Å². The molecule has 1 aliphatic heterocycles. The zero-order valence-corrected chi connectivity index (χ0v) is 11.0. The highest BCUT2D eigenvalue weighted by Crippen LogP contribution is 2.29. The lowest BCUT2D eigenvalue weighted by molar-refractivity contribution is 0.0300. The Labute approximate surface area is 103 Å². The molecule has 0 amide bonds. The number of likely N-dealkylation sites (N-methyl/N-ethyl adjacent to an activating group) is 1. The molecule has 17 heavy (non-hydrogen) atoms. The minimum Gasteiger partial charge on any atom is -0.373 e. The van der Waals surface area contributed by atoms with Crippen LogP contribution in [0.25, 0.3) is 0 Å². The molecule has 0 radical (unpaired) electrons. The third kappa shape index (κ3) is 2.69. The monoisotopic (exact) mass is 237 g/mol. The van der Waals surface area contributed by atoms with Crippen molar-refractivity contribution in [1.29, 1.82) is 0 Å². The summed E-state index contributed by atoms with van der Waals surface area (Å²) in [5, 5.41) is 7.89. The van der Waals surface area contributed by atoms with Gasteiger partial charge < -0.3 is 10.1 Å². The van der Waals surface area contributed by atoms with Crippen molar-refractivity contribution in [3.8, 4) is 0 Å².